The molecule has 6 nitrogen and oxygen atoms in total. The Morgan fingerprint density at radius 2 is 1.80 bits per heavy atom. The van der Waals surface area contributed by atoms with Crippen molar-refractivity contribution in [1.29, 1.82) is 0 Å². The van der Waals surface area contributed by atoms with Gasteiger partial charge < -0.3 is 20.1 Å². The van der Waals surface area contributed by atoms with Crippen molar-refractivity contribution in [2.24, 2.45) is 11.3 Å². The minimum absolute atomic E-state index is 0.151. The zero-order chi connectivity index (χ0) is 22.3. The average molecular weight is 423 g/mol. The van der Waals surface area contributed by atoms with E-state index in [9.17, 15) is 19.1 Å². The summed E-state index contributed by atoms with van der Waals surface area (Å²) in [6.07, 6.45) is 0.677. The van der Waals surface area contributed by atoms with Gasteiger partial charge in [-0.05, 0) is 49.0 Å². The number of benzene rings is 1. The number of hydrogen-bond acceptors (Lipinski definition) is 3. The highest BCUT2D eigenvalue weighted by Gasteiger charge is 2.40. The smallest absolute Gasteiger partial charge is 0.410 e. The molecule has 0 spiro atoms. The lowest BCUT2D eigenvalue weighted by Gasteiger charge is -2.43. The van der Waals surface area contributed by atoms with Gasteiger partial charge in [-0.2, -0.15) is 0 Å². The van der Waals surface area contributed by atoms with Crippen LogP contribution in [0, 0.1) is 11.3 Å². The zero-order valence-electron chi connectivity index (χ0n) is 18.4. The van der Waals surface area contributed by atoms with E-state index >= 15 is 0 Å². The standard InChI is InChI=1S/C23H35FN2O4/c1-23(2,3)20(26(4)22(29)30-15-17-8-6-5-7-9-17)19(25-21(27)28)14-16-10-12-18(24)13-11-16/h5-9,16,18-20,25H,10-15H2,1-4H3,(H,27,28)/t16?,18?,19?,20-/m0/s1. The van der Waals surface area contributed by atoms with E-state index in [0.717, 1.165) is 18.4 Å². The van der Waals surface area contributed by atoms with Gasteiger partial charge in [0.1, 0.15) is 12.8 Å². The Kier molecular flexibility index (Phi) is 8.50. The van der Waals surface area contributed by atoms with E-state index in [0.29, 0.717) is 19.3 Å². The van der Waals surface area contributed by atoms with Crippen molar-refractivity contribution in [3.63, 3.8) is 0 Å². The van der Waals surface area contributed by atoms with Gasteiger partial charge in [-0.3, -0.25) is 0 Å². The second-order valence-corrected chi connectivity index (χ2v) is 9.37. The quantitative estimate of drug-likeness (QED) is 0.631. The van der Waals surface area contributed by atoms with Crippen LogP contribution in [0.1, 0.15) is 58.4 Å². The maximum Gasteiger partial charge on any atom is 0.410 e. The van der Waals surface area contributed by atoms with Crippen LogP contribution in [0.2, 0.25) is 0 Å². The summed E-state index contributed by atoms with van der Waals surface area (Å²) in [5.41, 5.74) is 0.486. The summed E-state index contributed by atoms with van der Waals surface area (Å²) in [5, 5.41) is 12.1. The van der Waals surface area contributed by atoms with Gasteiger partial charge in [0.2, 0.25) is 0 Å². The van der Waals surface area contributed by atoms with E-state index in [1.54, 1.807) is 7.05 Å². The molecule has 1 aromatic rings. The van der Waals surface area contributed by atoms with Gasteiger partial charge in [0, 0.05) is 7.05 Å². The summed E-state index contributed by atoms with van der Waals surface area (Å²) in [6, 6.07) is 8.52. The van der Waals surface area contributed by atoms with Gasteiger partial charge in [0.15, 0.2) is 0 Å². The number of hydrogen-bond donors (Lipinski definition) is 2. The molecule has 0 aliphatic heterocycles. The van der Waals surface area contributed by atoms with Crippen LogP contribution in [0.4, 0.5) is 14.0 Å². The lowest BCUT2D eigenvalue weighted by molar-refractivity contribution is 0.0435. The van der Waals surface area contributed by atoms with Gasteiger partial charge in [-0.15, -0.1) is 0 Å². The molecule has 0 saturated heterocycles. The molecule has 1 fully saturated rings. The Labute approximate surface area is 178 Å². The van der Waals surface area contributed by atoms with Gasteiger partial charge >= 0.3 is 12.2 Å². The zero-order valence-corrected chi connectivity index (χ0v) is 18.4. The van der Waals surface area contributed by atoms with E-state index in [2.05, 4.69) is 5.32 Å². The number of carbonyl (C=O) groups is 2. The van der Waals surface area contributed by atoms with Crippen molar-refractivity contribution in [3.8, 4) is 0 Å². The highest BCUT2D eigenvalue weighted by Crippen LogP contribution is 2.34. The Morgan fingerprint density at radius 1 is 1.20 bits per heavy atom. The minimum Gasteiger partial charge on any atom is -0.465 e. The summed E-state index contributed by atoms with van der Waals surface area (Å²) in [5.74, 6) is 0.229. The minimum atomic E-state index is -1.13. The summed E-state index contributed by atoms with van der Waals surface area (Å²) >= 11 is 0. The number of amides is 2. The fourth-order valence-electron chi connectivity index (χ4n) is 4.53. The Morgan fingerprint density at radius 3 is 2.33 bits per heavy atom. The summed E-state index contributed by atoms with van der Waals surface area (Å²) in [4.78, 5) is 25.8. The first kappa shape index (κ1) is 24.0. The normalized spacial score (nSPS) is 21.4. The largest absolute Gasteiger partial charge is 0.465 e. The summed E-state index contributed by atoms with van der Waals surface area (Å²) < 4.78 is 19.0. The monoisotopic (exact) mass is 422 g/mol. The molecule has 30 heavy (non-hydrogen) atoms. The number of rotatable bonds is 7. The highest BCUT2D eigenvalue weighted by molar-refractivity contribution is 5.69. The van der Waals surface area contributed by atoms with E-state index in [1.165, 1.54) is 4.90 Å². The number of carbonyl (C=O) groups excluding carboxylic acids is 1. The number of halogens is 1. The van der Waals surface area contributed by atoms with Crippen LogP contribution in [0.3, 0.4) is 0 Å². The third kappa shape index (κ3) is 7.18. The first-order chi connectivity index (χ1) is 14.1. The van der Waals surface area contributed by atoms with Gasteiger partial charge in [-0.25, -0.2) is 14.0 Å². The number of nitrogens with zero attached hydrogens (tertiary/aromatic N) is 1. The Balaban J connectivity index is 2.13. The molecule has 1 aliphatic rings. The number of alkyl halides is 1. The number of carboxylic acid groups (broad SMARTS) is 1. The molecular weight excluding hydrogens is 387 g/mol. The second-order valence-electron chi connectivity index (χ2n) is 9.37. The maximum atomic E-state index is 13.5. The Hall–Kier alpha value is -2.31. The second kappa shape index (κ2) is 10.6. The number of nitrogens with one attached hydrogen (secondary N) is 1. The topological polar surface area (TPSA) is 78.9 Å². The van der Waals surface area contributed by atoms with Crippen molar-refractivity contribution in [1.82, 2.24) is 10.2 Å². The summed E-state index contributed by atoms with van der Waals surface area (Å²) in [7, 11) is 1.65. The maximum absolute atomic E-state index is 13.5. The molecule has 168 valence electrons. The van der Waals surface area contributed by atoms with Crippen LogP contribution in [0.25, 0.3) is 0 Å². The van der Waals surface area contributed by atoms with Crippen LogP contribution in [-0.2, 0) is 11.3 Å². The van der Waals surface area contributed by atoms with Crippen LogP contribution in [-0.4, -0.2) is 47.5 Å². The molecule has 2 atom stereocenters. The SMILES string of the molecule is CN(C(=O)OCc1ccccc1)[C@@H](C(CC1CCC(F)CC1)NC(=O)O)C(C)(C)C. The van der Waals surface area contributed by atoms with Gasteiger partial charge in [0.05, 0.1) is 12.1 Å². The summed E-state index contributed by atoms with van der Waals surface area (Å²) in [6.45, 7) is 6.09. The molecule has 1 aliphatic carbocycles. The van der Waals surface area contributed by atoms with Crippen LogP contribution >= 0.6 is 0 Å². The van der Waals surface area contributed by atoms with Crippen LogP contribution in [0.5, 0.6) is 0 Å². The van der Waals surface area contributed by atoms with E-state index < -0.39 is 35.9 Å². The van der Waals surface area contributed by atoms with Gasteiger partial charge in [-0.1, -0.05) is 51.1 Å². The molecule has 1 saturated carbocycles. The Bertz CT molecular complexity index is 684. The third-order valence-electron chi connectivity index (χ3n) is 5.85. The van der Waals surface area contributed by atoms with Crippen molar-refractivity contribution < 1.29 is 23.8 Å². The molecule has 0 bridgehead atoms. The van der Waals surface area contributed by atoms with Crippen molar-refractivity contribution in [2.75, 3.05) is 7.05 Å². The lowest BCUT2D eigenvalue weighted by Crippen LogP contribution is -2.58. The van der Waals surface area contributed by atoms with Gasteiger partial charge in [0.25, 0.3) is 0 Å². The fraction of sp³-hybridized carbons (Fsp3) is 0.652. The third-order valence-corrected chi connectivity index (χ3v) is 5.85. The molecule has 1 unspecified atom stereocenters. The molecular formula is C23H35FN2O4. The van der Waals surface area contributed by atoms with Crippen molar-refractivity contribution in [2.45, 2.75) is 77.7 Å². The number of likely N-dealkylation sites (N-methyl/N-ethyl adjacent to an activating group) is 1. The van der Waals surface area contributed by atoms with Crippen molar-refractivity contribution >= 4 is 12.2 Å². The van der Waals surface area contributed by atoms with E-state index in [-0.39, 0.29) is 12.5 Å². The molecule has 1 aromatic carbocycles. The van der Waals surface area contributed by atoms with Crippen LogP contribution < -0.4 is 5.32 Å². The van der Waals surface area contributed by atoms with Crippen molar-refractivity contribution in [3.05, 3.63) is 35.9 Å². The predicted molar refractivity (Wildman–Crippen MR) is 114 cm³/mol. The molecule has 2 amide bonds. The first-order valence-corrected chi connectivity index (χ1v) is 10.6. The van der Waals surface area contributed by atoms with E-state index in [1.807, 2.05) is 51.1 Å². The molecule has 2 N–H and O–H groups in total. The predicted octanol–water partition coefficient (Wildman–Crippen LogP) is 5.22. The lowest BCUT2D eigenvalue weighted by atomic mass is 9.76. The molecule has 2 rings (SSSR count). The molecule has 7 heteroatoms. The first-order valence-electron chi connectivity index (χ1n) is 10.6. The molecule has 0 aromatic heterocycles. The van der Waals surface area contributed by atoms with E-state index in [4.69, 9.17) is 4.74 Å². The molecule has 0 radical (unpaired) electrons. The highest BCUT2D eigenvalue weighted by atomic mass is 19.1. The fourth-order valence-corrected chi connectivity index (χ4v) is 4.53. The number of ether oxygens (including phenoxy) is 1. The average Bonchev–Trinajstić information content (AvgIpc) is 2.67. The molecule has 0 heterocycles. The van der Waals surface area contributed by atoms with Crippen LogP contribution in [0.15, 0.2) is 30.3 Å².